The number of benzene rings is 1. The molecule has 0 saturated heterocycles. The van der Waals surface area contributed by atoms with Crippen molar-refractivity contribution in [1.29, 1.82) is 0 Å². The monoisotopic (exact) mass is 579 g/mol. The van der Waals surface area contributed by atoms with Gasteiger partial charge in [-0.2, -0.15) is 4.39 Å². The van der Waals surface area contributed by atoms with Crippen LogP contribution in [0.5, 0.6) is 0 Å². The van der Waals surface area contributed by atoms with Gasteiger partial charge in [-0.3, -0.25) is 19.7 Å². The van der Waals surface area contributed by atoms with Crippen molar-refractivity contribution in [2.24, 2.45) is 10.8 Å². The summed E-state index contributed by atoms with van der Waals surface area (Å²) in [4.78, 5) is 34.8. The zero-order chi connectivity index (χ0) is 29.9. The molecule has 1 atom stereocenters. The molecular weight excluding hydrogens is 547 g/mol. The average molecular weight is 580 g/mol. The number of nitro groups is 1. The molecule has 0 bridgehead atoms. The van der Waals surface area contributed by atoms with Gasteiger partial charge in [-0.1, -0.05) is 5.11 Å². The molecule has 4 N–H and O–H groups in total. The lowest BCUT2D eigenvalue weighted by Gasteiger charge is -2.11. The Hall–Kier alpha value is -3.70. The molecule has 1 amide bonds. The first-order valence-corrected chi connectivity index (χ1v) is 12.1. The van der Waals surface area contributed by atoms with E-state index in [1.54, 1.807) is 0 Å². The van der Waals surface area contributed by atoms with Crippen LogP contribution in [0.2, 0.25) is 0 Å². The van der Waals surface area contributed by atoms with Crippen LogP contribution in [-0.4, -0.2) is 82.7 Å². The Labute approximate surface area is 227 Å². The van der Waals surface area contributed by atoms with Gasteiger partial charge in [-0.05, 0) is 24.8 Å². The fourth-order valence-electron chi connectivity index (χ4n) is 3.08. The van der Waals surface area contributed by atoms with Crippen LogP contribution in [0.4, 0.5) is 30.2 Å². The predicted molar refractivity (Wildman–Crippen MR) is 134 cm³/mol. The molecule has 1 aromatic rings. The minimum Gasteiger partial charge on any atom is -0.468 e. The minimum atomic E-state index is -1.96. The lowest BCUT2D eigenvalue weighted by atomic mass is 10.1. The molecule has 0 aliphatic heterocycles. The maximum atomic E-state index is 14.4. The number of carbonyl (C=O) groups is 2. The van der Waals surface area contributed by atoms with Crippen LogP contribution in [-0.2, 0) is 28.5 Å². The third kappa shape index (κ3) is 12.0. The number of nitrogens with two attached hydrogens (primary N) is 1. The maximum absolute atomic E-state index is 14.4. The van der Waals surface area contributed by atoms with E-state index in [0.717, 1.165) is 0 Å². The fraction of sp³-hybridized carbons (Fsp3) is 0.636. The van der Waals surface area contributed by atoms with Crippen LogP contribution >= 0.6 is 0 Å². The second-order valence-corrected chi connectivity index (χ2v) is 7.95. The van der Waals surface area contributed by atoms with Gasteiger partial charge < -0.3 is 35.3 Å². The van der Waals surface area contributed by atoms with Gasteiger partial charge in [-0.25, -0.2) is 8.78 Å². The van der Waals surface area contributed by atoms with Gasteiger partial charge in [0.25, 0.3) is 0 Å². The Kier molecular flexibility index (Phi) is 16.6. The van der Waals surface area contributed by atoms with Gasteiger partial charge in [0.15, 0.2) is 17.3 Å². The van der Waals surface area contributed by atoms with E-state index in [4.69, 9.17) is 25.5 Å². The molecule has 0 heterocycles. The van der Waals surface area contributed by atoms with Crippen molar-refractivity contribution in [2.75, 3.05) is 65.2 Å². The Bertz CT molecular complexity index is 1040. The van der Waals surface area contributed by atoms with Gasteiger partial charge in [0.05, 0.1) is 38.5 Å². The molecule has 15 nitrogen and oxygen atoms in total. The summed E-state index contributed by atoms with van der Waals surface area (Å²) in [6.07, 6.45) is 1.11. The Balaban J connectivity index is 2.11. The number of ether oxygens (including phenoxy) is 4. The van der Waals surface area contributed by atoms with Crippen LogP contribution in [0.1, 0.15) is 25.7 Å². The second kappa shape index (κ2) is 19.4. The van der Waals surface area contributed by atoms with Crippen molar-refractivity contribution < 1.29 is 46.6 Å². The highest BCUT2D eigenvalue weighted by Crippen LogP contribution is 2.39. The Morgan fingerprint density at radius 3 is 2.15 bits per heavy atom. The van der Waals surface area contributed by atoms with Crippen LogP contribution in [0.3, 0.4) is 0 Å². The number of anilines is 1. The standard InChI is InChI=1S/C22H32F3N7O8/c1-37-22(34)14(26)4-5-15(33)28-6-2-8-38-10-12-40-13-11-39-9-3-7-29-20-18(25)19(30-31-27)16(23)17(24)21(20)32(35)36/h14,29H,2-13,26H2,1H3,(H,28,33)/t14-/m0/s1. The van der Waals surface area contributed by atoms with E-state index in [2.05, 4.69) is 25.4 Å². The maximum Gasteiger partial charge on any atom is 0.333 e. The molecule has 0 radical (unpaired) electrons. The summed E-state index contributed by atoms with van der Waals surface area (Å²) in [5, 5.41) is 18.8. The zero-order valence-electron chi connectivity index (χ0n) is 21.8. The normalized spacial score (nSPS) is 11.4. The molecule has 224 valence electrons. The van der Waals surface area contributed by atoms with E-state index in [1.165, 1.54) is 7.11 Å². The highest BCUT2D eigenvalue weighted by atomic mass is 19.2. The van der Waals surface area contributed by atoms with Crippen molar-refractivity contribution in [3.8, 4) is 0 Å². The third-order valence-corrected chi connectivity index (χ3v) is 5.09. The topological polar surface area (TPSA) is 213 Å². The number of methoxy groups -OCH3 is 1. The SMILES string of the molecule is COC(=O)[C@@H](N)CCC(=O)NCCCOCCOCCOCCCNc1c(F)c(N=[N+]=[N-])c(F)c(F)c1[N+](=O)[O-]. The number of esters is 1. The number of nitrogens with one attached hydrogen (secondary N) is 2. The van der Waals surface area contributed by atoms with Gasteiger partial charge in [0.2, 0.25) is 11.7 Å². The van der Waals surface area contributed by atoms with E-state index < -0.39 is 51.4 Å². The van der Waals surface area contributed by atoms with Gasteiger partial charge >= 0.3 is 11.7 Å². The molecule has 1 rings (SSSR count). The summed E-state index contributed by atoms with van der Waals surface area (Å²) in [5.74, 6) is -6.28. The largest absolute Gasteiger partial charge is 0.468 e. The molecule has 1 aromatic carbocycles. The van der Waals surface area contributed by atoms with E-state index in [1.807, 2.05) is 0 Å². The molecule has 0 aromatic heterocycles. The summed E-state index contributed by atoms with van der Waals surface area (Å²) >= 11 is 0. The predicted octanol–water partition coefficient (Wildman–Crippen LogP) is 2.59. The van der Waals surface area contributed by atoms with E-state index in [9.17, 15) is 32.9 Å². The second-order valence-electron chi connectivity index (χ2n) is 7.95. The molecule has 0 unspecified atom stereocenters. The molecular formula is C22H32F3N7O8. The van der Waals surface area contributed by atoms with Crippen molar-refractivity contribution in [1.82, 2.24) is 5.32 Å². The van der Waals surface area contributed by atoms with Crippen LogP contribution in [0.25, 0.3) is 10.4 Å². The first kappa shape index (κ1) is 34.3. The Morgan fingerprint density at radius 2 is 1.60 bits per heavy atom. The van der Waals surface area contributed by atoms with Gasteiger partial charge in [0, 0.05) is 37.6 Å². The summed E-state index contributed by atoms with van der Waals surface area (Å²) in [6, 6.07) is -0.834. The highest BCUT2D eigenvalue weighted by molar-refractivity contribution is 5.79. The number of hydrogen-bond acceptors (Lipinski definition) is 11. The van der Waals surface area contributed by atoms with Gasteiger partial charge in [-0.15, -0.1) is 0 Å². The molecule has 0 aliphatic carbocycles. The number of rotatable bonds is 21. The number of nitro benzene ring substituents is 1. The third-order valence-electron chi connectivity index (χ3n) is 5.09. The van der Waals surface area contributed by atoms with Crippen molar-refractivity contribution in [2.45, 2.75) is 31.7 Å². The number of azide groups is 1. The van der Waals surface area contributed by atoms with Crippen LogP contribution < -0.4 is 16.4 Å². The average Bonchev–Trinajstić information content (AvgIpc) is 2.93. The van der Waals surface area contributed by atoms with Crippen molar-refractivity contribution >= 4 is 28.9 Å². The first-order valence-electron chi connectivity index (χ1n) is 12.1. The molecule has 0 fully saturated rings. The summed E-state index contributed by atoms with van der Waals surface area (Å²) in [6.45, 7) is 1.95. The molecule has 18 heteroatoms. The number of halogens is 3. The number of carbonyl (C=O) groups excluding carboxylic acids is 2. The van der Waals surface area contributed by atoms with Gasteiger partial charge in [0.1, 0.15) is 11.7 Å². The highest BCUT2D eigenvalue weighted by Gasteiger charge is 2.32. The molecule has 0 spiro atoms. The van der Waals surface area contributed by atoms with Crippen LogP contribution in [0, 0.1) is 27.6 Å². The fourth-order valence-corrected chi connectivity index (χ4v) is 3.08. The van der Waals surface area contributed by atoms with E-state index in [0.29, 0.717) is 32.8 Å². The summed E-state index contributed by atoms with van der Waals surface area (Å²) in [7, 11) is 1.23. The zero-order valence-corrected chi connectivity index (χ0v) is 21.8. The number of nitrogens with zero attached hydrogens (tertiary/aromatic N) is 4. The molecule has 0 aliphatic rings. The minimum absolute atomic E-state index is 0.0886. The molecule has 0 saturated carbocycles. The number of amides is 1. The van der Waals surface area contributed by atoms with E-state index >= 15 is 0 Å². The molecule has 40 heavy (non-hydrogen) atoms. The summed E-state index contributed by atoms with van der Waals surface area (Å²) in [5.41, 5.74) is 10.3. The number of hydrogen-bond donors (Lipinski definition) is 3. The Morgan fingerprint density at radius 1 is 1.02 bits per heavy atom. The van der Waals surface area contributed by atoms with E-state index in [-0.39, 0.29) is 51.5 Å². The lowest BCUT2D eigenvalue weighted by Crippen LogP contribution is -2.34. The lowest BCUT2D eigenvalue weighted by molar-refractivity contribution is -0.387. The van der Waals surface area contributed by atoms with Crippen LogP contribution in [0.15, 0.2) is 5.11 Å². The summed E-state index contributed by atoms with van der Waals surface area (Å²) < 4.78 is 62.6. The van der Waals surface area contributed by atoms with Crippen molar-refractivity contribution in [3.05, 3.63) is 38.0 Å². The first-order chi connectivity index (χ1) is 19.1. The smallest absolute Gasteiger partial charge is 0.333 e. The van der Waals surface area contributed by atoms with Crippen molar-refractivity contribution in [3.63, 3.8) is 0 Å². The quantitative estimate of drug-likeness (QED) is 0.0283.